The summed E-state index contributed by atoms with van der Waals surface area (Å²) in [4.78, 5) is 32.2. The topological polar surface area (TPSA) is 89.8 Å². The van der Waals surface area contributed by atoms with Crippen LogP contribution in [0, 0.1) is 5.82 Å². The summed E-state index contributed by atoms with van der Waals surface area (Å²) in [5, 5.41) is 3.71. The molecule has 6 rings (SSSR count). The molecule has 4 aromatic rings. The molecular weight excluding hydrogens is 535 g/mol. The number of ether oxygens (including phenoxy) is 2. The van der Waals surface area contributed by atoms with Gasteiger partial charge in [-0.3, -0.25) is 14.5 Å². The van der Waals surface area contributed by atoms with Crippen LogP contribution in [0.2, 0.25) is 0 Å². The predicted molar refractivity (Wildman–Crippen MR) is 156 cm³/mol. The molecule has 2 aliphatic rings. The van der Waals surface area contributed by atoms with Crippen molar-refractivity contribution in [2.45, 2.75) is 44.4 Å². The fourth-order valence-corrected chi connectivity index (χ4v) is 5.26. The first-order chi connectivity index (χ1) is 19.8. The number of aromatic nitrogens is 3. The van der Waals surface area contributed by atoms with Crippen molar-refractivity contribution in [3.63, 3.8) is 0 Å². The molecule has 2 aromatic carbocycles. The van der Waals surface area contributed by atoms with Crippen molar-refractivity contribution in [1.29, 1.82) is 0 Å². The quantitative estimate of drug-likeness (QED) is 0.343. The molecule has 2 amide bonds. The molecule has 0 unspecified atom stereocenters. The van der Waals surface area contributed by atoms with E-state index in [1.807, 2.05) is 33.0 Å². The molecule has 0 bridgehead atoms. The monoisotopic (exact) mass is 563 g/mol. The largest absolute Gasteiger partial charge is 0.484 e. The lowest BCUT2D eigenvalue weighted by Crippen LogP contribution is -2.57. The van der Waals surface area contributed by atoms with Gasteiger partial charge >= 0.3 is 6.09 Å². The van der Waals surface area contributed by atoms with Crippen molar-refractivity contribution in [2.75, 3.05) is 13.1 Å². The minimum Gasteiger partial charge on any atom is -0.484 e. The highest BCUT2D eigenvalue weighted by Gasteiger charge is 2.43. The van der Waals surface area contributed by atoms with Gasteiger partial charge < -0.3 is 19.3 Å². The second-order valence-electron chi connectivity index (χ2n) is 11.7. The van der Waals surface area contributed by atoms with Crippen LogP contribution in [0.25, 0.3) is 22.0 Å². The number of fused-ring (bicyclic) bond motifs is 2. The number of halogens is 1. The molecule has 4 heterocycles. The lowest BCUT2D eigenvalue weighted by molar-refractivity contribution is -0.0218. The van der Waals surface area contributed by atoms with Crippen LogP contribution in [-0.2, 0) is 23.7 Å². The van der Waals surface area contributed by atoms with Gasteiger partial charge in [0, 0.05) is 42.3 Å². The molecule has 0 saturated carbocycles. The molecule has 4 radical (unpaired) electrons. The minimum absolute atomic E-state index is 0.120. The normalized spacial score (nSPS) is 16.5. The van der Waals surface area contributed by atoms with Crippen LogP contribution in [0.5, 0.6) is 5.75 Å². The van der Waals surface area contributed by atoms with E-state index in [9.17, 15) is 9.59 Å². The van der Waals surface area contributed by atoms with Crippen LogP contribution in [0.15, 0.2) is 54.9 Å². The Labute approximate surface area is 245 Å². The van der Waals surface area contributed by atoms with E-state index in [2.05, 4.69) is 10.1 Å². The molecule has 210 valence electrons. The second-order valence-corrected chi connectivity index (χ2v) is 11.7. The number of carbonyl (C=O) groups excluding carboxylic acids is 2. The highest BCUT2D eigenvalue weighted by molar-refractivity contribution is 6.42. The molecule has 0 N–H and O–H groups in total. The van der Waals surface area contributed by atoms with E-state index in [0.717, 1.165) is 10.9 Å². The standard InChI is InChI=1S/C30H28B2FN5O4/c1-29(2,3)42-28(40)37-14-19(15-37)41-24-10-9-20(22-16-36(4)35-25(22)24)17-7-8-18(23(33)12-17)13-38-27(39)21-6-5-11-34-26(21)30(38,31)32/h5-12,16,19H,13-15H2,1-4H3. The smallest absolute Gasteiger partial charge is 0.410 e. The van der Waals surface area contributed by atoms with Gasteiger partial charge in [0.1, 0.15) is 28.8 Å². The summed E-state index contributed by atoms with van der Waals surface area (Å²) in [6, 6.07) is 11.7. The van der Waals surface area contributed by atoms with Gasteiger partial charge in [0.2, 0.25) is 0 Å². The van der Waals surface area contributed by atoms with Gasteiger partial charge in [0.15, 0.2) is 0 Å². The molecule has 2 aromatic heterocycles. The Hall–Kier alpha value is -4.34. The highest BCUT2D eigenvalue weighted by atomic mass is 19.1. The third-order valence-electron chi connectivity index (χ3n) is 7.35. The van der Waals surface area contributed by atoms with Crippen molar-refractivity contribution in [1.82, 2.24) is 24.6 Å². The van der Waals surface area contributed by atoms with E-state index < -0.39 is 22.7 Å². The Bertz CT molecular complexity index is 1730. The van der Waals surface area contributed by atoms with Crippen molar-refractivity contribution < 1.29 is 23.5 Å². The summed E-state index contributed by atoms with van der Waals surface area (Å²) >= 11 is 0. The molecule has 2 aliphatic heterocycles. The maximum absolute atomic E-state index is 15.5. The molecule has 0 spiro atoms. The lowest BCUT2D eigenvalue weighted by Gasteiger charge is -2.39. The van der Waals surface area contributed by atoms with E-state index in [4.69, 9.17) is 25.2 Å². The Morgan fingerprint density at radius 3 is 2.60 bits per heavy atom. The number of pyridine rings is 1. The summed E-state index contributed by atoms with van der Waals surface area (Å²) < 4.78 is 28.8. The number of aryl methyl sites for hydroxylation is 1. The van der Waals surface area contributed by atoms with Crippen LogP contribution < -0.4 is 4.74 Å². The average molecular weight is 563 g/mol. The molecule has 42 heavy (non-hydrogen) atoms. The number of carbonyl (C=O) groups is 2. The summed E-state index contributed by atoms with van der Waals surface area (Å²) in [5.74, 6) is -0.336. The van der Waals surface area contributed by atoms with Gasteiger partial charge in [0.05, 0.1) is 40.0 Å². The zero-order valence-electron chi connectivity index (χ0n) is 23.8. The predicted octanol–water partition coefficient (Wildman–Crippen LogP) is 3.88. The van der Waals surface area contributed by atoms with E-state index in [1.54, 1.807) is 47.0 Å². The van der Waals surface area contributed by atoms with Crippen LogP contribution in [0.4, 0.5) is 9.18 Å². The molecule has 12 heteroatoms. The number of benzene rings is 2. The summed E-state index contributed by atoms with van der Waals surface area (Å²) in [7, 11) is 14.3. The summed E-state index contributed by atoms with van der Waals surface area (Å²) in [5.41, 5.74) is 2.28. The van der Waals surface area contributed by atoms with Crippen LogP contribution in [0.3, 0.4) is 0 Å². The van der Waals surface area contributed by atoms with Crippen molar-refractivity contribution in [3.8, 4) is 16.9 Å². The van der Waals surface area contributed by atoms with Crippen LogP contribution >= 0.6 is 0 Å². The number of nitrogens with zero attached hydrogens (tertiary/aromatic N) is 5. The molecule has 1 saturated heterocycles. The number of rotatable bonds is 5. The second kappa shape index (κ2) is 9.89. The van der Waals surface area contributed by atoms with Gasteiger partial charge in [0.25, 0.3) is 5.91 Å². The van der Waals surface area contributed by atoms with Crippen LogP contribution in [0.1, 0.15) is 42.4 Å². The SMILES string of the molecule is [B]C1([B])c2ncccc2C(=O)N1Cc1ccc(-c2ccc(OC3CN(C(=O)OC(C)(C)C)C3)c3nn(C)cc23)cc1F. The highest BCUT2D eigenvalue weighted by Crippen LogP contribution is 2.37. The summed E-state index contributed by atoms with van der Waals surface area (Å²) in [6.07, 6.45) is 2.80. The fraction of sp³-hybridized carbons (Fsp3) is 0.333. The first-order valence-electron chi connectivity index (χ1n) is 13.6. The third-order valence-corrected chi connectivity index (χ3v) is 7.35. The number of hydrogen-bond donors (Lipinski definition) is 0. The van der Waals surface area contributed by atoms with Gasteiger partial charge in [-0.15, -0.1) is 0 Å². The van der Waals surface area contributed by atoms with Gasteiger partial charge in [-0.05, 0) is 62.2 Å². The maximum atomic E-state index is 15.5. The maximum Gasteiger partial charge on any atom is 0.410 e. The van der Waals surface area contributed by atoms with E-state index in [-0.39, 0.29) is 30.0 Å². The van der Waals surface area contributed by atoms with E-state index in [0.29, 0.717) is 35.5 Å². The Morgan fingerprint density at radius 2 is 1.90 bits per heavy atom. The minimum atomic E-state index is -1.65. The Kier molecular flexibility index (Phi) is 6.55. The fourth-order valence-electron chi connectivity index (χ4n) is 5.26. The summed E-state index contributed by atoms with van der Waals surface area (Å²) in [6.45, 7) is 6.18. The number of hydrogen-bond acceptors (Lipinski definition) is 6. The van der Waals surface area contributed by atoms with Crippen molar-refractivity contribution >= 4 is 38.6 Å². The van der Waals surface area contributed by atoms with E-state index >= 15 is 4.39 Å². The molecule has 1 fully saturated rings. The lowest BCUT2D eigenvalue weighted by atomic mass is 9.59. The number of amides is 2. The van der Waals surface area contributed by atoms with Gasteiger partial charge in [-0.2, -0.15) is 5.10 Å². The Balaban J connectivity index is 1.21. The van der Waals surface area contributed by atoms with Crippen molar-refractivity contribution in [2.24, 2.45) is 7.05 Å². The first kappa shape index (κ1) is 27.8. The zero-order chi connectivity index (χ0) is 30.0. The first-order valence-corrected chi connectivity index (χ1v) is 13.6. The van der Waals surface area contributed by atoms with Gasteiger partial charge in [-0.25, -0.2) is 9.18 Å². The molecule has 0 atom stereocenters. The molecule has 0 aliphatic carbocycles. The Morgan fingerprint density at radius 1 is 1.14 bits per heavy atom. The molecular formula is C30H28B2FN5O4. The van der Waals surface area contributed by atoms with Gasteiger partial charge in [-0.1, -0.05) is 12.1 Å². The van der Waals surface area contributed by atoms with Crippen LogP contribution in [-0.4, -0.2) is 77.1 Å². The average Bonchev–Trinajstić information content (AvgIpc) is 3.37. The number of likely N-dealkylation sites (tertiary alicyclic amines) is 1. The third kappa shape index (κ3) is 4.88. The molecule has 9 nitrogen and oxygen atoms in total. The van der Waals surface area contributed by atoms with E-state index in [1.165, 1.54) is 17.2 Å². The zero-order valence-corrected chi connectivity index (χ0v) is 23.8. The van der Waals surface area contributed by atoms with Crippen molar-refractivity contribution in [3.05, 3.63) is 77.5 Å².